The van der Waals surface area contributed by atoms with Gasteiger partial charge < -0.3 is 10.2 Å². The van der Waals surface area contributed by atoms with E-state index in [2.05, 4.69) is 0 Å². The number of aliphatic hydroxyl groups is 2. The molecule has 0 aliphatic heterocycles. The molecular formula is C23H15F17O6S. The molecule has 0 heterocycles. The van der Waals surface area contributed by atoms with E-state index in [1.54, 1.807) is 60.7 Å². The molecule has 0 bridgehead atoms. The Labute approximate surface area is 250 Å². The lowest BCUT2D eigenvalue weighted by molar-refractivity contribution is -0.458. The Bertz CT molecular complexity index is 1500. The van der Waals surface area contributed by atoms with Crippen molar-refractivity contribution in [2.45, 2.75) is 52.6 Å². The number of carbonyl (C=O) groups excluding carboxylic acids is 1. The van der Waals surface area contributed by atoms with E-state index in [1.165, 1.54) is 0 Å². The molecule has 0 aliphatic rings. The lowest BCUT2D eigenvalue weighted by atomic mass is 9.87. The van der Waals surface area contributed by atoms with Gasteiger partial charge in [-0.2, -0.15) is 83.1 Å². The number of hydrogen-bond acceptors (Lipinski definition) is 5. The average molecular weight is 742 g/mol. The van der Waals surface area contributed by atoms with Gasteiger partial charge in [0.05, 0.1) is 6.61 Å². The zero-order chi connectivity index (χ0) is 37.5. The van der Waals surface area contributed by atoms with Gasteiger partial charge in [-0.1, -0.05) is 60.7 Å². The van der Waals surface area contributed by atoms with Crippen molar-refractivity contribution in [3.63, 3.8) is 0 Å². The van der Waals surface area contributed by atoms with E-state index in [4.69, 9.17) is 4.55 Å². The number of ketones is 1. The smallest absolute Gasteiger partial charge is 0.393 e. The number of hydrogen-bond donors (Lipinski definition) is 3. The van der Waals surface area contributed by atoms with E-state index in [-0.39, 0.29) is 0 Å². The van der Waals surface area contributed by atoms with Gasteiger partial charge in [0, 0.05) is 5.56 Å². The normalized spacial score (nSPS) is 15.7. The van der Waals surface area contributed by atoms with Crippen molar-refractivity contribution in [2.75, 3.05) is 6.61 Å². The molecule has 0 amide bonds. The van der Waals surface area contributed by atoms with Crippen molar-refractivity contribution >= 4 is 15.9 Å². The highest BCUT2D eigenvalue weighted by molar-refractivity contribution is 7.87. The zero-order valence-electron chi connectivity index (χ0n) is 21.9. The summed E-state index contributed by atoms with van der Waals surface area (Å²) in [6.07, 6.45) is -7.88. The fourth-order valence-electron chi connectivity index (χ4n) is 3.15. The quantitative estimate of drug-likeness (QED) is 0.136. The molecule has 47 heavy (non-hydrogen) atoms. The molecule has 1 unspecified atom stereocenters. The minimum atomic E-state index is -8.89. The van der Waals surface area contributed by atoms with Gasteiger partial charge in [-0.15, -0.1) is 0 Å². The molecule has 0 aliphatic carbocycles. The third kappa shape index (κ3) is 6.60. The first-order chi connectivity index (χ1) is 20.7. The van der Waals surface area contributed by atoms with Crippen LogP contribution in [0.1, 0.15) is 15.9 Å². The lowest BCUT2D eigenvalue weighted by Gasteiger charge is -2.42. The summed E-state index contributed by atoms with van der Waals surface area (Å²) < 4.78 is 242. The molecule has 268 valence electrons. The molecule has 0 saturated carbocycles. The standard InChI is InChI=1S/C15H14O3.C8HF17O3S/c16-11-15(18,13-9-5-2-6-10-13)14(17)12-7-3-1-4-8-12;9-1(10,3(13,14)5(17,18)7(21,22)23)2(11,12)4(15,16)6(19,20)8(24,25)29(26,27)28/h1-10,16,18H,11H2;(H,26,27,28). The molecule has 0 spiro atoms. The molecule has 2 aromatic rings. The predicted molar refractivity (Wildman–Crippen MR) is 120 cm³/mol. The lowest BCUT2D eigenvalue weighted by Crippen LogP contribution is -2.74. The van der Waals surface area contributed by atoms with Crippen molar-refractivity contribution < 1.29 is 103 Å². The van der Waals surface area contributed by atoms with Crippen LogP contribution in [0.5, 0.6) is 0 Å². The summed E-state index contributed by atoms with van der Waals surface area (Å²) in [5, 5.41) is 12.0. The van der Waals surface area contributed by atoms with Gasteiger partial charge in [0.25, 0.3) is 0 Å². The van der Waals surface area contributed by atoms with Crippen LogP contribution in [0.2, 0.25) is 0 Å². The van der Waals surface area contributed by atoms with Crippen molar-refractivity contribution in [1.29, 1.82) is 0 Å². The Morgan fingerprint density at radius 1 is 0.553 bits per heavy atom. The molecule has 0 aromatic heterocycles. The first-order valence-corrected chi connectivity index (χ1v) is 12.8. The highest BCUT2D eigenvalue weighted by atomic mass is 32.2. The maximum Gasteiger partial charge on any atom is 0.460 e. The molecule has 0 fully saturated rings. The number of aliphatic hydroxyl groups excluding tert-OH is 1. The summed E-state index contributed by atoms with van der Waals surface area (Å²) in [7, 11) is -7.89. The number of rotatable bonds is 11. The Morgan fingerprint density at radius 2 is 0.872 bits per heavy atom. The van der Waals surface area contributed by atoms with Crippen LogP contribution in [0.4, 0.5) is 74.6 Å². The molecule has 1 atom stereocenters. The van der Waals surface area contributed by atoms with Crippen LogP contribution >= 0.6 is 0 Å². The van der Waals surface area contributed by atoms with E-state index in [1.807, 2.05) is 0 Å². The summed E-state index contributed by atoms with van der Waals surface area (Å²) in [4.78, 5) is 12.3. The summed E-state index contributed by atoms with van der Waals surface area (Å²) in [6, 6.07) is 16.9. The zero-order valence-corrected chi connectivity index (χ0v) is 22.7. The summed E-state index contributed by atoms with van der Waals surface area (Å²) in [6.45, 7) is -0.648. The highest BCUT2D eigenvalue weighted by Gasteiger charge is 2.96. The van der Waals surface area contributed by atoms with E-state index in [0.717, 1.165) is 0 Å². The van der Waals surface area contributed by atoms with Crippen molar-refractivity contribution in [3.8, 4) is 0 Å². The fraction of sp³-hybridized carbons (Fsp3) is 0.435. The third-order valence-electron chi connectivity index (χ3n) is 5.91. The highest BCUT2D eigenvalue weighted by Crippen LogP contribution is 2.64. The van der Waals surface area contributed by atoms with E-state index in [0.29, 0.717) is 11.1 Å². The molecule has 6 nitrogen and oxygen atoms in total. The van der Waals surface area contributed by atoms with Crippen LogP contribution in [0.3, 0.4) is 0 Å². The van der Waals surface area contributed by atoms with E-state index in [9.17, 15) is 98.1 Å². The molecule has 2 rings (SSSR count). The molecule has 24 heteroatoms. The SMILES string of the molecule is O=C(c1ccccc1)C(O)(CO)c1ccccc1.O=S(=O)(O)C(F)(F)C(F)(F)C(F)(F)C(F)(F)C(F)(F)C(F)(F)C(F)(F)C(F)(F)F. The molecular weight excluding hydrogens is 727 g/mol. The molecule has 0 radical (unpaired) electrons. The van der Waals surface area contributed by atoms with Crippen LogP contribution in [-0.4, -0.2) is 82.5 Å². The van der Waals surface area contributed by atoms with Gasteiger partial charge in [0.15, 0.2) is 5.60 Å². The monoisotopic (exact) mass is 742 g/mol. The first kappa shape index (κ1) is 41.8. The number of benzene rings is 2. The van der Waals surface area contributed by atoms with Crippen LogP contribution in [-0.2, 0) is 15.7 Å². The predicted octanol–water partition coefficient (Wildman–Crippen LogP) is 6.59. The third-order valence-corrected chi connectivity index (χ3v) is 6.81. The van der Waals surface area contributed by atoms with Crippen LogP contribution < -0.4 is 0 Å². The van der Waals surface area contributed by atoms with Gasteiger partial charge in [-0.25, -0.2) is 0 Å². The minimum Gasteiger partial charge on any atom is -0.393 e. The molecule has 3 N–H and O–H groups in total. The molecule has 2 aromatic carbocycles. The van der Waals surface area contributed by atoms with Gasteiger partial charge in [0.2, 0.25) is 5.78 Å². The van der Waals surface area contributed by atoms with Crippen molar-refractivity contribution in [1.82, 2.24) is 0 Å². The Balaban J connectivity index is 0.000000520. The number of carbonyl (C=O) groups is 1. The van der Waals surface area contributed by atoms with Crippen LogP contribution in [0.25, 0.3) is 0 Å². The van der Waals surface area contributed by atoms with E-state index >= 15 is 0 Å². The maximum absolute atomic E-state index is 13.0. The van der Waals surface area contributed by atoms with Gasteiger partial charge >= 0.3 is 57.1 Å². The average Bonchev–Trinajstić information content (AvgIpc) is 2.95. The second-order valence-electron chi connectivity index (χ2n) is 9.02. The van der Waals surface area contributed by atoms with Crippen LogP contribution in [0.15, 0.2) is 60.7 Å². The summed E-state index contributed by atoms with van der Waals surface area (Å²) >= 11 is 0. The van der Waals surface area contributed by atoms with Gasteiger partial charge in [-0.3, -0.25) is 9.35 Å². The fourth-order valence-corrected chi connectivity index (χ4v) is 3.60. The number of halogens is 17. The summed E-state index contributed by atoms with van der Waals surface area (Å²) in [5.74, 6) is -52.5. The number of alkyl halides is 17. The molecule has 0 saturated heterocycles. The Hall–Kier alpha value is -3.25. The Morgan fingerprint density at radius 3 is 1.19 bits per heavy atom. The minimum absolute atomic E-state index is 0.373. The van der Waals surface area contributed by atoms with Gasteiger partial charge in [-0.05, 0) is 5.56 Å². The Kier molecular flexibility index (Phi) is 11.2. The van der Waals surface area contributed by atoms with Crippen molar-refractivity contribution in [2.24, 2.45) is 0 Å². The number of Topliss-reactive ketones (excluding diaryl/α,β-unsaturated/α-hetero) is 1. The second kappa shape index (κ2) is 12.7. The topological polar surface area (TPSA) is 112 Å². The van der Waals surface area contributed by atoms with Crippen LogP contribution in [0, 0.1) is 0 Å². The van der Waals surface area contributed by atoms with Gasteiger partial charge in [0.1, 0.15) is 0 Å². The van der Waals surface area contributed by atoms with Crippen molar-refractivity contribution in [3.05, 3.63) is 71.8 Å². The second-order valence-corrected chi connectivity index (χ2v) is 10.5. The first-order valence-electron chi connectivity index (χ1n) is 11.4. The van der Waals surface area contributed by atoms with E-state index < -0.39 is 75.1 Å². The largest absolute Gasteiger partial charge is 0.460 e. The maximum atomic E-state index is 13.0. The summed E-state index contributed by atoms with van der Waals surface area (Å²) in [5.41, 5.74) is -1.12.